The summed E-state index contributed by atoms with van der Waals surface area (Å²) in [5, 5.41) is 0. The molecule has 3 nitrogen and oxygen atoms in total. The van der Waals surface area contributed by atoms with E-state index >= 15 is 0 Å². The highest BCUT2D eigenvalue weighted by atomic mass is 32.1. The average molecular weight is 296 g/mol. The van der Waals surface area contributed by atoms with E-state index in [9.17, 15) is 4.79 Å². The van der Waals surface area contributed by atoms with E-state index in [-0.39, 0.29) is 11.4 Å². The van der Waals surface area contributed by atoms with E-state index in [1.165, 1.54) is 0 Å². The summed E-state index contributed by atoms with van der Waals surface area (Å²) in [4.78, 5) is 11.5. The number of carbonyl (C=O) groups is 1. The van der Waals surface area contributed by atoms with Crippen LogP contribution in [-0.4, -0.2) is 24.9 Å². The SMILES string of the molecule is CCOC(=O)c1ccc(OCC(CS)C(C)(C)C)cc1. The fourth-order valence-corrected chi connectivity index (χ4v) is 2.33. The molecule has 1 aromatic rings. The van der Waals surface area contributed by atoms with Crippen molar-refractivity contribution < 1.29 is 14.3 Å². The molecule has 1 unspecified atom stereocenters. The first kappa shape index (κ1) is 16.9. The Balaban J connectivity index is 2.60. The van der Waals surface area contributed by atoms with Gasteiger partial charge in [-0.25, -0.2) is 4.79 Å². The van der Waals surface area contributed by atoms with Gasteiger partial charge in [-0.2, -0.15) is 12.6 Å². The molecule has 0 N–H and O–H groups in total. The van der Waals surface area contributed by atoms with Crippen molar-refractivity contribution in [2.75, 3.05) is 19.0 Å². The smallest absolute Gasteiger partial charge is 0.338 e. The van der Waals surface area contributed by atoms with Crippen LogP contribution in [0.3, 0.4) is 0 Å². The minimum Gasteiger partial charge on any atom is -0.493 e. The zero-order valence-electron chi connectivity index (χ0n) is 12.7. The van der Waals surface area contributed by atoms with Gasteiger partial charge >= 0.3 is 5.97 Å². The molecular weight excluding hydrogens is 272 g/mol. The van der Waals surface area contributed by atoms with Gasteiger partial charge in [0.15, 0.2) is 0 Å². The van der Waals surface area contributed by atoms with Crippen molar-refractivity contribution in [1.29, 1.82) is 0 Å². The van der Waals surface area contributed by atoms with Crippen molar-refractivity contribution in [2.45, 2.75) is 27.7 Å². The number of benzene rings is 1. The van der Waals surface area contributed by atoms with Gasteiger partial charge in [0.25, 0.3) is 0 Å². The summed E-state index contributed by atoms with van der Waals surface area (Å²) in [5.74, 6) is 1.61. The summed E-state index contributed by atoms with van der Waals surface area (Å²) < 4.78 is 10.7. The van der Waals surface area contributed by atoms with Crippen LogP contribution in [0, 0.1) is 11.3 Å². The number of esters is 1. The van der Waals surface area contributed by atoms with Crippen molar-refractivity contribution in [2.24, 2.45) is 11.3 Å². The van der Waals surface area contributed by atoms with Crippen LogP contribution in [0.5, 0.6) is 5.75 Å². The molecule has 0 fully saturated rings. The average Bonchev–Trinajstić information content (AvgIpc) is 2.39. The number of thiol groups is 1. The molecule has 0 saturated carbocycles. The normalized spacial score (nSPS) is 12.8. The van der Waals surface area contributed by atoms with E-state index in [4.69, 9.17) is 9.47 Å². The second-order valence-electron chi connectivity index (χ2n) is 5.80. The minimum atomic E-state index is -0.304. The number of ether oxygens (including phenoxy) is 2. The topological polar surface area (TPSA) is 35.5 Å². The van der Waals surface area contributed by atoms with Gasteiger partial charge in [0.05, 0.1) is 18.8 Å². The predicted molar refractivity (Wildman–Crippen MR) is 84.7 cm³/mol. The first-order chi connectivity index (χ1) is 9.38. The van der Waals surface area contributed by atoms with Gasteiger partial charge in [-0.3, -0.25) is 0 Å². The van der Waals surface area contributed by atoms with Gasteiger partial charge in [0.1, 0.15) is 5.75 Å². The lowest BCUT2D eigenvalue weighted by molar-refractivity contribution is 0.0526. The lowest BCUT2D eigenvalue weighted by atomic mass is 9.82. The molecule has 0 heterocycles. The Morgan fingerprint density at radius 2 is 1.85 bits per heavy atom. The van der Waals surface area contributed by atoms with Gasteiger partial charge in [-0.05, 0) is 42.4 Å². The minimum absolute atomic E-state index is 0.159. The van der Waals surface area contributed by atoms with Crippen LogP contribution in [0.4, 0.5) is 0 Å². The van der Waals surface area contributed by atoms with E-state index in [1.54, 1.807) is 31.2 Å². The highest BCUT2D eigenvalue weighted by molar-refractivity contribution is 7.80. The highest BCUT2D eigenvalue weighted by Gasteiger charge is 2.23. The first-order valence-corrected chi connectivity index (χ1v) is 7.52. The van der Waals surface area contributed by atoms with Gasteiger partial charge < -0.3 is 9.47 Å². The highest BCUT2D eigenvalue weighted by Crippen LogP contribution is 2.27. The summed E-state index contributed by atoms with van der Waals surface area (Å²) in [6.07, 6.45) is 0. The largest absolute Gasteiger partial charge is 0.493 e. The summed E-state index contributed by atoms with van der Waals surface area (Å²) in [5.41, 5.74) is 0.702. The van der Waals surface area contributed by atoms with Crippen molar-refractivity contribution >= 4 is 18.6 Å². The molecule has 1 atom stereocenters. The number of rotatable bonds is 6. The van der Waals surface area contributed by atoms with Gasteiger partial charge in [-0.1, -0.05) is 20.8 Å². The molecular formula is C16H24O3S. The lowest BCUT2D eigenvalue weighted by Crippen LogP contribution is -2.28. The molecule has 0 aromatic heterocycles. The predicted octanol–water partition coefficient (Wildman–Crippen LogP) is 3.83. The number of hydrogen-bond donors (Lipinski definition) is 1. The number of hydrogen-bond acceptors (Lipinski definition) is 4. The molecule has 0 radical (unpaired) electrons. The molecule has 0 aliphatic carbocycles. The van der Waals surface area contributed by atoms with Gasteiger partial charge in [0, 0.05) is 5.92 Å². The number of carbonyl (C=O) groups excluding carboxylic acids is 1. The van der Waals surface area contributed by atoms with E-state index in [0.29, 0.717) is 24.7 Å². The van der Waals surface area contributed by atoms with Crippen LogP contribution in [0.1, 0.15) is 38.1 Å². The monoisotopic (exact) mass is 296 g/mol. The summed E-state index contributed by atoms with van der Waals surface area (Å²) in [6, 6.07) is 7.04. The molecule has 0 spiro atoms. The van der Waals surface area contributed by atoms with Crippen LogP contribution < -0.4 is 4.74 Å². The maximum atomic E-state index is 11.5. The summed E-state index contributed by atoms with van der Waals surface area (Å²) in [6.45, 7) is 9.33. The third-order valence-corrected chi connectivity index (χ3v) is 3.70. The third kappa shape index (κ3) is 5.08. The van der Waals surface area contributed by atoms with Gasteiger partial charge in [-0.15, -0.1) is 0 Å². The quantitative estimate of drug-likeness (QED) is 0.640. The Bertz CT molecular complexity index is 420. The van der Waals surface area contributed by atoms with Crippen LogP contribution >= 0.6 is 12.6 Å². The van der Waals surface area contributed by atoms with E-state index in [1.807, 2.05) is 0 Å². The van der Waals surface area contributed by atoms with E-state index < -0.39 is 0 Å². The molecule has 1 aromatic carbocycles. The van der Waals surface area contributed by atoms with Crippen LogP contribution in [0.2, 0.25) is 0 Å². The van der Waals surface area contributed by atoms with Crippen molar-refractivity contribution in [3.63, 3.8) is 0 Å². The third-order valence-electron chi connectivity index (χ3n) is 3.26. The maximum Gasteiger partial charge on any atom is 0.338 e. The Kier molecular flexibility index (Phi) is 6.40. The second kappa shape index (κ2) is 7.58. The fraction of sp³-hybridized carbons (Fsp3) is 0.562. The van der Waals surface area contributed by atoms with Crippen molar-refractivity contribution in [1.82, 2.24) is 0 Å². The molecule has 0 aliphatic heterocycles. The Morgan fingerprint density at radius 3 is 2.30 bits per heavy atom. The Labute approximate surface area is 127 Å². The molecule has 0 amide bonds. The molecule has 1 rings (SSSR count). The van der Waals surface area contributed by atoms with Crippen molar-refractivity contribution in [3.05, 3.63) is 29.8 Å². The first-order valence-electron chi connectivity index (χ1n) is 6.89. The molecule has 0 saturated heterocycles. The van der Waals surface area contributed by atoms with Crippen LogP contribution in [-0.2, 0) is 4.74 Å². The lowest BCUT2D eigenvalue weighted by Gasteiger charge is -2.29. The zero-order valence-corrected chi connectivity index (χ0v) is 13.6. The second-order valence-corrected chi connectivity index (χ2v) is 6.17. The van der Waals surface area contributed by atoms with Crippen LogP contribution in [0.25, 0.3) is 0 Å². The molecule has 20 heavy (non-hydrogen) atoms. The van der Waals surface area contributed by atoms with E-state index in [2.05, 4.69) is 33.4 Å². The molecule has 0 aliphatic rings. The standard InChI is InChI=1S/C16H24O3S/c1-5-18-15(17)12-6-8-14(9-7-12)19-10-13(11-20)16(2,3)4/h6-9,13,20H,5,10-11H2,1-4H3. The van der Waals surface area contributed by atoms with Gasteiger partial charge in [0.2, 0.25) is 0 Å². The zero-order chi connectivity index (χ0) is 15.2. The van der Waals surface area contributed by atoms with E-state index in [0.717, 1.165) is 11.5 Å². The summed E-state index contributed by atoms with van der Waals surface area (Å²) in [7, 11) is 0. The Morgan fingerprint density at radius 1 is 1.25 bits per heavy atom. The summed E-state index contributed by atoms with van der Waals surface area (Å²) >= 11 is 4.38. The fourth-order valence-electron chi connectivity index (χ4n) is 1.68. The van der Waals surface area contributed by atoms with Crippen molar-refractivity contribution in [3.8, 4) is 5.75 Å². The Hall–Kier alpha value is -1.16. The van der Waals surface area contributed by atoms with Crippen LogP contribution in [0.15, 0.2) is 24.3 Å². The molecule has 112 valence electrons. The molecule has 4 heteroatoms. The maximum absolute atomic E-state index is 11.5. The molecule has 0 bridgehead atoms.